The molecule has 3 aromatic rings. The van der Waals surface area contributed by atoms with Crippen LogP contribution >= 0.6 is 0 Å². The third kappa shape index (κ3) is 7.39. The lowest BCUT2D eigenvalue weighted by molar-refractivity contribution is -0.0365. The van der Waals surface area contributed by atoms with Crippen molar-refractivity contribution in [2.75, 3.05) is 19.8 Å². The lowest BCUT2D eigenvalue weighted by Gasteiger charge is -2.36. The first-order valence-electron chi connectivity index (χ1n) is 14.2. The van der Waals surface area contributed by atoms with Crippen LogP contribution in [0, 0.1) is 0 Å². The van der Waals surface area contributed by atoms with Gasteiger partial charge in [0, 0.05) is 30.2 Å². The molecule has 9 heteroatoms. The Hall–Kier alpha value is -2.46. The van der Waals surface area contributed by atoms with Crippen molar-refractivity contribution in [1.82, 2.24) is 14.8 Å². The van der Waals surface area contributed by atoms with Gasteiger partial charge in [-0.3, -0.25) is 4.98 Å². The van der Waals surface area contributed by atoms with Crippen LogP contribution in [-0.4, -0.2) is 60.2 Å². The van der Waals surface area contributed by atoms with Crippen molar-refractivity contribution >= 4 is 19.2 Å². The van der Waals surface area contributed by atoms with Crippen LogP contribution in [0.1, 0.15) is 66.5 Å². The molecule has 4 rings (SSSR count). The summed E-state index contributed by atoms with van der Waals surface area (Å²) >= 11 is 0. The molecule has 3 heterocycles. The molecule has 1 aliphatic heterocycles. The van der Waals surface area contributed by atoms with E-state index in [-0.39, 0.29) is 17.4 Å². The van der Waals surface area contributed by atoms with E-state index < -0.39 is 14.4 Å². The molecule has 0 radical (unpaired) electrons. The SMILES string of the molecule is CC(O)COCCC(C)Oc1cncc(-c2nn(C3CCCCO3)c3ccc(O[Si](C)(C)C(C)(C)C)cc23)c1. The average Bonchev–Trinajstić information content (AvgIpc) is 3.25. The van der Waals surface area contributed by atoms with Gasteiger partial charge >= 0.3 is 0 Å². The topological polar surface area (TPSA) is 87.9 Å². The Morgan fingerprint density at radius 3 is 2.62 bits per heavy atom. The van der Waals surface area contributed by atoms with Crippen LogP contribution in [0.3, 0.4) is 0 Å². The van der Waals surface area contributed by atoms with E-state index >= 15 is 0 Å². The van der Waals surface area contributed by atoms with E-state index in [1.54, 1.807) is 13.1 Å². The van der Waals surface area contributed by atoms with Crippen LogP contribution in [0.2, 0.25) is 18.1 Å². The van der Waals surface area contributed by atoms with Crippen LogP contribution in [-0.2, 0) is 9.47 Å². The van der Waals surface area contributed by atoms with Crippen molar-refractivity contribution in [2.24, 2.45) is 0 Å². The molecule has 1 saturated heterocycles. The first-order valence-corrected chi connectivity index (χ1v) is 17.1. The Morgan fingerprint density at radius 2 is 1.92 bits per heavy atom. The van der Waals surface area contributed by atoms with E-state index in [2.05, 4.69) is 57.0 Å². The Kier molecular flexibility index (Phi) is 9.36. The summed E-state index contributed by atoms with van der Waals surface area (Å²) in [4.78, 5) is 4.48. The predicted octanol–water partition coefficient (Wildman–Crippen LogP) is 6.74. The second-order valence-electron chi connectivity index (χ2n) is 12.2. The van der Waals surface area contributed by atoms with Gasteiger partial charge in [-0.05, 0) is 75.5 Å². The lowest BCUT2D eigenvalue weighted by Crippen LogP contribution is -2.43. The Morgan fingerprint density at radius 1 is 1.13 bits per heavy atom. The quantitative estimate of drug-likeness (QED) is 0.207. The average molecular weight is 556 g/mol. The molecule has 3 unspecified atom stereocenters. The maximum atomic E-state index is 9.37. The molecule has 214 valence electrons. The van der Waals surface area contributed by atoms with Crippen molar-refractivity contribution in [3.05, 3.63) is 36.7 Å². The molecule has 8 nitrogen and oxygen atoms in total. The van der Waals surface area contributed by atoms with Crippen LogP contribution in [0.4, 0.5) is 0 Å². The fraction of sp³-hybridized carbons (Fsp3) is 0.600. The molecule has 1 fully saturated rings. The Balaban J connectivity index is 1.64. The van der Waals surface area contributed by atoms with E-state index in [0.717, 1.165) is 53.8 Å². The highest BCUT2D eigenvalue weighted by Gasteiger charge is 2.39. The van der Waals surface area contributed by atoms with E-state index in [9.17, 15) is 5.11 Å². The van der Waals surface area contributed by atoms with Crippen LogP contribution in [0.5, 0.6) is 11.5 Å². The Bertz CT molecular complexity index is 1230. The fourth-order valence-electron chi connectivity index (χ4n) is 4.39. The highest BCUT2D eigenvalue weighted by Crippen LogP contribution is 2.40. The lowest BCUT2D eigenvalue weighted by atomic mass is 10.1. The summed E-state index contributed by atoms with van der Waals surface area (Å²) < 4.78 is 26.5. The zero-order valence-electron chi connectivity index (χ0n) is 24.6. The maximum Gasteiger partial charge on any atom is 0.250 e. The molecule has 1 N–H and O–H groups in total. The van der Waals surface area contributed by atoms with E-state index in [4.69, 9.17) is 23.7 Å². The van der Waals surface area contributed by atoms with Crippen LogP contribution < -0.4 is 9.16 Å². The van der Waals surface area contributed by atoms with Gasteiger partial charge in [0.2, 0.25) is 8.32 Å². The second kappa shape index (κ2) is 12.4. The minimum absolute atomic E-state index is 0.0643. The van der Waals surface area contributed by atoms with Crippen molar-refractivity contribution in [2.45, 2.75) is 96.9 Å². The van der Waals surface area contributed by atoms with Gasteiger partial charge in [-0.25, -0.2) is 4.68 Å². The van der Waals surface area contributed by atoms with Gasteiger partial charge in [0.25, 0.3) is 0 Å². The normalized spacial score (nSPS) is 18.2. The number of aromatic nitrogens is 3. The van der Waals surface area contributed by atoms with Gasteiger partial charge in [0.05, 0.1) is 37.1 Å². The summed E-state index contributed by atoms with van der Waals surface area (Å²) in [5.41, 5.74) is 2.74. The molecular weight excluding hydrogens is 510 g/mol. The number of fused-ring (bicyclic) bond motifs is 1. The van der Waals surface area contributed by atoms with Gasteiger partial charge in [-0.1, -0.05) is 20.8 Å². The molecule has 2 aromatic heterocycles. The molecule has 0 aliphatic carbocycles. The smallest absolute Gasteiger partial charge is 0.250 e. The molecule has 39 heavy (non-hydrogen) atoms. The maximum absolute atomic E-state index is 9.37. The van der Waals surface area contributed by atoms with Crippen LogP contribution in [0.25, 0.3) is 22.2 Å². The summed E-state index contributed by atoms with van der Waals surface area (Å²) in [6, 6.07) is 8.28. The number of hydrogen-bond donors (Lipinski definition) is 1. The van der Waals surface area contributed by atoms with Crippen molar-refractivity contribution < 1.29 is 23.7 Å². The highest BCUT2D eigenvalue weighted by atomic mass is 28.4. The Labute approximate surface area is 233 Å². The number of hydrogen-bond acceptors (Lipinski definition) is 7. The van der Waals surface area contributed by atoms with Gasteiger partial charge in [-0.2, -0.15) is 5.10 Å². The molecule has 0 amide bonds. The summed E-state index contributed by atoms with van der Waals surface area (Å²) in [6.45, 7) is 16.6. The van der Waals surface area contributed by atoms with E-state index in [1.807, 2.05) is 23.9 Å². The number of rotatable bonds is 11. The molecular formula is C30H45N3O5Si. The number of aliphatic hydroxyl groups excluding tert-OH is 1. The van der Waals surface area contributed by atoms with Gasteiger partial charge in [-0.15, -0.1) is 0 Å². The molecule has 1 aliphatic rings. The van der Waals surface area contributed by atoms with Gasteiger partial charge < -0.3 is 23.7 Å². The summed E-state index contributed by atoms with van der Waals surface area (Å²) in [6.07, 6.45) is 6.79. The number of nitrogens with zero attached hydrogens (tertiary/aromatic N) is 3. The zero-order chi connectivity index (χ0) is 28.2. The first-order chi connectivity index (χ1) is 18.4. The number of pyridine rings is 1. The number of ether oxygens (including phenoxy) is 3. The molecule has 0 spiro atoms. The molecule has 3 atom stereocenters. The minimum atomic E-state index is -2.01. The third-order valence-electron chi connectivity index (χ3n) is 7.64. The highest BCUT2D eigenvalue weighted by molar-refractivity contribution is 6.74. The first kappa shape index (κ1) is 29.5. The summed E-state index contributed by atoms with van der Waals surface area (Å²) in [7, 11) is -2.01. The van der Waals surface area contributed by atoms with E-state index in [0.29, 0.717) is 25.4 Å². The molecule has 0 saturated carbocycles. The van der Waals surface area contributed by atoms with Gasteiger partial charge in [0.1, 0.15) is 17.2 Å². The zero-order valence-corrected chi connectivity index (χ0v) is 25.6. The standard InChI is InChI=1S/C30H45N3O5Si/c1-21(34)20-35-15-13-22(2)37-25-16-23(18-31-19-25)29-26-17-24(38-39(6,7)30(3,4)5)11-12-27(26)33(32-29)28-10-8-9-14-36-28/h11-12,16-19,21-22,28,34H,8-10,13-15,20H2,1-7H3. The van der Waals surface area contributed by atoms with Crippen molar-refractivity contribution in [3.63, 3.8) is 0 Å². The molecule has 0 bridgehead atoms. The molecule has 1 aromatic carbocycles. The van der Waals surface area contributed by atoms with Crippen molar-refractivity contribution in [3.8, 4) is 22.8 Å². The van der Waals surface area contributed by atoms with Gasteiger partial charge in [0.15, 0.2) is 6.23 Å². The minimum Gasteiger partial charge on any atom is -0.543 e. The number of aliphatic hydroxyl groups is 1. The third-order valence-corrected chi connectivity index (χ3v) is 12.0. The van der Waals surface area contributed by atoms with E-state index in [1.165, 1.54) is 0 Å². The fourth-order valence-corrected chi connectivity index (χ4v) is 5.41. The predicted molar refractivity (Wildman–Crippen MR) is 157 cm³/mol. The summed E-state index contributed by atoms with van der Waals surface area (Å²) in [5.74, 6) is 1.55. The summed E-state index contributed by atoms with van der Waals surface area (Å²) in [5, 5.41) is 15.6. The van der Waals surface area contributed by atoms with Crippen molar-refractivity contribution in [1.29, 1.82) is 0 Å². The largest absolute Gasteiger partial charge is 0.543 e. The van der Waals surface area contributed by atoms with Crippen LogP contribution in [0.15, 0.2) is 36.7 Å². The monoisotopic (exact) mass is 555 g/mol. The second-order valence-corrected chi connectivity index (χ2v) is 16.9. The number of benzene rings is 1.